The molecule has 1 aliphatic heterocycles. The van der Waals surface area contributed by atoms with Gasteiger partial charge in [-0.25, -0.2) is 4.98 Å². The molecule has 0 spiro atoms. The van der Waals surface area contributed by atoms with Gasteiger partial charge in [-0.1, -0.05) is 79.4 Å². The number of rotatable bonds is 24. The molecule has 0 saturated carbocycles. The van der Waals surface area contributed by atoms with Gasteiger partial charge in [0, 0.05) is 42.7 Å². The summed E-state index contributed by atoms with van der Waals surface area (Å²) in [5.74, 6) is -1.09. The Kier molecular flexibility index (Phi) is 19.4. The molecular formula is C44H72N6O6S. The predicted octanol–water partition coefficient (Wildman–Crippen LogP) is 7.39. The summed E-state index contributed by atoms with van der Waals surface area (Å²) < 4.78 is 6.34. The van der Waals surface area contributed by atoms with E-state index in [2.05, 4.69) is 50.6 Å². The normalized spacial score (nSPS) is 18.6. The quantitative estimate of drug-likeness (QED) is 0.0535. The number of unbranched alkanes of at least 4 members (excludes halogenated alkanes) is 3. The van der Waals surface area contributed by atoms with E-state index in [-0.39, 0.29) is 47.8 Å². The number of piperidine rings is 1. The van der Waals surface area contributed by atoms with Crippen LogP contribution in [0.5, 0.6) is 0 Å². The molecule has 1 unspecified atom stereocenters. The summed E-state index contributed by atoms with van der Waals surface area (Å²) in [5.41, 5.74) is 6.59. The number of anilines is 1. The van der Waals surface area contributed by atoms with Gasteiger partial charge in [-0.2, -0.15) is 0 Å². The van der Waals surface area contributed by atoms with E-state index in [0.717, 1.165) is 57.1 Å². The first-order chi connectivity index (χ1) is 27.0. The Morgan fingerprint density at radius 1 is 1.07 bits per heavy atom. The van der Waals surface area contributed by atoms with Crippen molar-refractivity contribution < 1.29 is 29.0 Å². The third-order valence-electron chi connectivity index (χ3n) is 11.5. The fourth-order valence-electron chi connectivity index (χ4n) is 7.61. The largest absolute Gasteiger partial charge is 0.481 e. The Balaban J connectivity index is 1.90. The third-order valence-corrected chi connectivity index (χ3v) is 12.4. The van der Waals surface area contributed by atoms with Gasteiger partial charge >= 0.3 is 5.97 Å². The van der Waals surface area contributed by atoms with Crippen LogP contribution in [0.15, 0.2) is 29.6 Å². The van der Waals surface area contributed by atoms with Crippen LogP contribution in [0.1, 0.15) is 147 Å². The van der Waals surface area contributed by atoms with Crippen molar-refractivity contribution in [2.75, 3.05) is 25.4 Å². The van der Waals surface area contributed by atoms with Gasteiger partial charge in [0.2, 0.25) is 11.8 Å². The summed E-state index contributed by atoms with van der Waals surface area (Å²) >= 11 is 1.34. The van der Waals surface area contributed by atoms with Crippen LogP contribution in [0.4, 0.5) is 5.69 Å². The maximum atomic E-state index is 14.8. The number of ether oxygens (including phenoxy) is 1. The molecule has 1 aromatic carbocycles. The van der Waals surface area contributed by atoms with Gasteiger partial charge in [0.05, 0.1) is 11.5 Å². The van der Waals surface area contributed by atoms with E-state index in [1.165, 1.54) is 11.3 Å². The molecule has 1 saturated heterocycles. The number of aromatic nitrogens is 1. The molecule has 7 atom stereocenters. The zero-order chi connectivity index (χ0) is 42.3. The van der Waals surface area contributed by atoms with Crippen LogP contribution in [0, 0.1) is 23.2 Å². The van der Waals surface area contributed by atoms with Crippen molar-refractivity contribution >= 4 is 40.7 Å². The second-order valence-corrected chi connectivity index (χ2v) is 18.1. The minimum absolute atomic E-state index is 0.0617. The van der Waals surface area contributed by atoms with Crippen molar-refractivity contribution in [2.45, 2.75) is 157 Å². The van der Waals surface area contributed by atoms with Crippen LogP contribution in [-0.2, 0) is 25.5 Å². The average molecular weight is 813 g/mol. The lowest BCUT2D eigenvalue weighted by atomic mass is 9.84. The minimum Gasteiger partial charge on any atom is -0.481 e. The second-order valence-electron chi connectivity index (χ2n) is 17.2. The van der Waals surface area contributed by atoms with Crippen LogP contribution in [-0.4, -0.2) is 82.5 Å². The summed E-state index contributed by atoms with van der Waals surface area (Å²) in [6.45, 7) is 19.6. The van der Waals surface area contributed by atoms with Crippen molar-refractivity contribution in [3.63, 3.8) is 0 Å². The smallest absolute Gasteiger partial charge is 0.309 e. The molecule has 12 nitrogen and oxygen atoms in total. The highest BCUT2D eigenvalue weighted by molar-refractivity contribution is 7.09. The molecule has 0 bridgehead atoms. The molecule has 2 aromatic rings. The summed E-state index contributed by atoms with van der Waals surface area (Å²) in [4.78, 5) is 61.1. The molecule has 320 valence electrons. The highest BCUT2D eigenvalue weighted by Gasteiger charge is 2.38. The monoisotopic (exact) mass is 813 g/mol. The topological polar surface area (TPSA) is 176 Å². The summed E-state index contributed by atoms with van der Waals surface area (Å²) in [6.07, 6.45) is 7.13. The van der Waals surface area contributed by atoms with Gasteiger partial charge in [-0.05, 0) is 94.9 Å². The van der Waals surface area contributed by atoms with Gasteiger partial charge in [-0.3, -0.25) is 19.2 Å². The molecule has 3 amide bonds. The Morgan fingerprint density at radius 3 is 2.37 bits per heavy atom. The van der Waals surface area contributed by atoms with Crippen molar-refractivity contribution in [2.24, 2.45) is 23.2 Å². The van der Waals surface area contributed by atoms with E-state index >= 15 is 0 Å². The van der Waals surface area contributed by atoms with E-state index in [1.54, 1.807) is 31.4 Å². The van der Waals surface area contributed by atoms with E-state index in [0.29, 0.717) is 42.6 Å². The number of nitrogens with zero attached hydrogens (tertiary/aromatic N) is 2. The Bertz CT molecular complexity index is 1560. The SMILES string of the molecule is CCCCCCN(C(=O)[C@@H](NC(=O)C1C[C@H](C)CCN1)[C@@H](C)CC)[C@H](C[C@@H](OCC)c1nc(C(=O)N[C@@H](Cc2ccc(N)cc2)CC(C)(C)C(=O)O)cs1)C(C)C. The van der Waals surface area contributed by atoms with Crippen molar-refractivity contribution in [1.82, 2.24) is 25.8 Å². The van der Waals surface area contributed by atoms with E-state index in [4.69, 9.17) is 15.5 Å². The zero-order valence-corrected chi connectivity index (χ0v) is 36.9. The van der Waals surface area contributed by atoms with Crippen LogP contribution < -0.4 is 21.7 Å². The maximum absolute atomic E-state index is 14.8. The summed E-state index contributed by atoms with van der Waals surface area (Å²) in [6, 6.07) is 5.65. The third kappa shape index (κ3) is 14.7. The highest BCUT2D eigenvalue weighted by Crippen LogP contribution is 2.32. The number of nitrogens with one attached hydrogen (secondary N) is 3. The average Bonchev–Trinajstić information content (AvgIpc) is 3.66. The highest BCUT2D eigenvalue weighted by atomic mass is 32.1. The van der Waals surface area contributed by atoms with E-state index in [9.17, 15) is 24.3 Å². The number of carboxylic acid groups (broad SMARTS) is 1. The van der Waals surface area contributed by atoms with Crippen LogP contribution in [0.3, 0.4) is 0 Å². The molecule has 0 aliphatic carbocycles. The number of aliphatic carboxylic acids is 1. The van der Waals surface area contributed by atoms with Gasteiger partial charge in [0.1, 0.15) is 22.8 Å². The molecule has 2 heterocycles. The number of hydrogen-bond donors (Lipinski definition) is 5. The van der Waals surface area contributed by atoms with Gasteiger partial charge < -0.3 is 36.4 Å². The molecule has 6 N–H and O–H groups in total. The molecule has 57 heavy (non-hydrogen) atoms. The fourth-order valence-corrected chi connectivity index (χ4v) is 8.47. The van der Waals surface area contributed by atoms with E-state index < -0.39 is 35.5 Å². The number of carbonyl (C=O) groups is 4. The number of amides is 3. The molecule has 0 radical (unpaired) electrons. The maximum Gasteiger partial charge on any atom is 0.309 e. The van der Waals surface area contributed by atoms with Crippen molar-refractivity contribution in [3.05, 3.63) is 45.9 Å². The van der Waals surface area contributed by atoms with Crippen molar-refractivity contribution in [1.29, 1.82) is 0 Å². The lowest BCUT2D eigenvalue weighted by Crippen LogP contribution is -2.59. The van der Waals surface area contributed by atoms with Crippen LogP contribution in [0.2, 0.25) is 0 Å². The van der Waals surface area contributed by atoms with Gasteiger partial charge in [0.15, 0.2) is 0 Å². The number of carboxylic acids is 1. The van der Waals surface area contributed by atoms with Crippen LogP contribution in [0.25, 0.3) is 0 Å². The zero-order valence-electron chi connectivity index (χ0n) is 36.1. The second kappa shape index (κ2) is 23.1. The number of hydrogen-bond acceptors (Lipinski definition) is 9. The lowest BCUT2D eigenvalue weighted by Gasteiger charge is -2.40. The fraction of sp³-hybridized carbons (Fsp3) is 0.705. The number of thiazole rings is 1. The number of carbonyl (C=O) groups excluding carboxylic acids is 3. The van der Waals surface area contributed by atoms with Crippen LogP contribution >= 0.6 is 11.3 Å². The number of nitrogen functional groups attached to an aromatic ring is 1. The first kappa shape index (κ1) is 47.8. The molecule has 1 aliphatic rings. The summed E-state index contributed by atoms with van der Waals surface area (Å²) in [7, 11) is 0. The molecule has 3 rings (SSSR count). The van der Waals surface area contributed by atoms with Gasteiger partial charge in [0.25, 0.3) is 5.91 Å². The molecule has 1 aromatic heterocycles. The first-order valence-electron chi connectivity index (χ1n) is 21.3. The first-order valence-corrected chi connectivity index (χ1v) is 22.2. The molecule has 13 heteroatoms. The predicted molar refractivity (Wildman–Crippen MR) is 229 cm³/mol. The Morgan fingerprint density at radius 2 is 1.77 bits per heavy atom. The lowest BCUT2D eigenvalue weighted by molar-refractivity contribution is -0.147. The number of benzene rings is 1. The van der Waals surface area contributed by atoms with E-state index in [1.807, 2.05) is 30.9 Å². The Labute approximate surface area is 345 Å². The summed E-state index contributed by atoms with van der Waals surface area (Å²) in [5, 5.41) is 21.9. The van der Waals surface area contributed by atoms with Gasteiger partial charge in [-0.15, -0.1) is 11.3 Å². The Hall–Kier alpha value is -3.55. The van der Waals surface area contributed by atoms with Crippen molar-refractivity contribution in [3.8, 4) is 0 Å². The standard InChI is InChI=1S/C44H72N6O6S/c1-10-13-14-15-22-50(42(53)38(30(7)11-2)49-39(51)34-23-29(6)20-21-46-34)36(28(4)5)25-37(56-12-3)41-48-35(27-57-41)40(52)47-33(26-44(8,9)43(54)55)24-31-16-18-32(45)19-17-31/h16-19,27-30,33-34,36-38,46H,10-15,20-26,45H2,1-9H3,(H,47,52)(H,49,51)(H,54,55)/t29-,30+,33+,34?,36-,37-,38+/m1/s1. The molecular weight excluding hydrogens is 741 g/mol. The molecule has 1 fully saturated rings. The number of nitrogens with two attached hydrogens (primary N) is 1. The minimum atomic E-state index is -1.08.